The molecule has 4 rings (SSSR count). The number of ether oxygens (including phenoxy) is 4. The second-order valence-corrected chi connectivity index (χ2v) is 13.3. The van der Waals surface area contributed by atoms with Gasteiger partial charge in [-0.3, -0.25) is 19.9 Å². The molecule has 13 heteroatoms. The van der Waals surface area contributed by atoms with Crippen LogP contribution in [0.15, 0.2) is 77.9 Å². The summed E-state index contributed by atoms with van der Waals surface area (Å²) in [5.74, 6) is -0.842. The van der Waals surface area contributed by atoms with Gasteiger partial charge in [0.05, 0.1) is 17.8 Å². The molecule has 2 N–H and O–H groups in total. The molecule has 1 aromatic heterocycles. The lowest BCUT2D eigenvalue weighted by atomic mass is 10.1. The molecule has 1 aliphatic rings. The van der Waals surface area contributed by atoms with Gasteiger partial charge < -0.3 is 29.2 Å². The van der Waals surface area contributed by atoms with Gasteiger partial charge >= 0.3 is 18.1 Å². The first-order chi connectivity index (χ1) is 23.1. The van der Waals surface area contributed by atoms with Gasteiger partial charge in [-0.2, -0.15) is 4.99 Å². The third kappa shape index (κ3) is 12.3. The average Bonchev–Trinajstić information content (AvgIpc) is 3.45. The van der Waals surface area contributed by atoms with E-state index in [9.17, 15) is 19.2 Å². The number of carbonyl (C=O) groups is 4. The van der Waals surface area contributed by atoms with E-state index in [1.807, 2.05) is 30.3 Å². The number of carbonyl (C=O) groups excluding carboxylic acids is 4. The molecular weight excluding hydrogens is 630 g/mol. The van der Waals surface area contributed by atoms with Crippen molar-refractivity contribution in [1.29, 1.82) is 0 Å². The van der Waals surface area contributed by atoms with E-state index < -0.39 is 41.5 Å². The van der Waals surface area contributed by atoms with Crippen LogP contribution in [0.4, 0.5) is 21.0 Å². The maximum Gasteiger partial charge on any atom is 0.412 e. The number of amides is 4. The van der Waals surface area contributed by atoms with E-state index in [1.54, 1.807) is 71.9 Å². The lowest BCUT2D eigenvalue weighted by Gasteiger charge is -2.23. The number of urea groups is 1. The van der Waals surface area contributed by atoms with Crippen molar-refractivity contribution in [2.24, 2.45) is 4.99 Å². The van der Waals surface area contributed by atoms with Gasteiger partial charge in [-0.1, -0.05) is 48.5 Å². The number of hydrogen-bond acceptors (Lipinski definition) is 9. The predicted octanol–water partition coefficient (Wildman–Crippen LogP) is 6.35. The van der Waals surface area contributed by atoms with Crippen LogP contribution >= 0.6 is 0 Å². The molecule has 1 aliphatic heterocycles. The molecule has 1 atom stereocenters. The number of hydrogen-bond donors (Lipinski definition) is 2. The van der Waals surface area contributed by atoms with Crippen LogP contribution in [-0.4, -0.2) is 70.4 Å². The zero-order valence-electron chi connectivity index (χ0n) is 28.6. The van der Waals surface area contributed by atoms with Crippen LogP contribution in [0.25, 0.3) is 0 Å². The normalized spacial score (nSPS) is 15.2. The lowest BCUT2D eigenvalue weighted by molar-refractivity contribution is -0.155. The Morgan fingerprint density at radius 2 is 1.51 bits per heavy atom. The van der Waals surface area contributed by atoms with Gasteiger partial charge in [0.25, 0.3) is 5.91 Å². The molecule has 0 saturated carbocycles. The minimum atomic E-state index is -0.693. The first kappa shape index (κ1) is 36.5. The van der Waals surface area contributed by atoms with Gasteiger partial charge in [0.2, 0.25) is 12.2 Å². The van der Waals surface area contributed by atoms with Gasteiger partial charge in [0.1, 0.15) is 23.5 Å². The largest absolute Gasteiger partial charge is 0.460 e. The number of pyridine rings is 1. The zero-order chi connectivity index (χ0) is 35.6. The summed E-state index contributed by atoms with van der Waals surface area (Å²) in [6.45, 7) is 10.6. The van der Waals surface area contributed by atoms with E-state index in [-0.39, 0.29) is 37.7 Å². The van der Waals surface area contributed by atoms with Crippen molar-refractivity contribution < 1.29 is 38.1 Å². The van der Waals surface area contributed by atoms with E-state index in [2.05, 4.69) is 20.6 Å². The molecule has 4 amide bonds. The molecule has 2 heterocycles. The summed E-state index contributed by atoms with van der Waals surface area (Å²) in [7, 11) is 0. The number of aliphatic imine (C=N–C) groups is 1. The van der Waals surface area contributed by atoms with E-state index >= 15 is 0 Å². The van der Waals surface area contributed by atoms with Crippen molar-refractivity contribution in [2.75, 3.05) is 23.8 Å². The zero-order valence-corrected chi connectivity index (χ0v) is 28.6. The number of esters is 1. The fourth-order valence-electron chi connectivity index (χ4n) is 4.56. The molecule has 0 spiro atoms. The highest BCUT2D eigenvalue weighted by Crippen LogP contribution is 2.23. The second kappa shape index (κ2) is 16.2. The van der Waals surface area contributed by atoms with E-state index in [4.69, 9.17) is 18.9 Å². The summed E-state index contributed by atoms with van der Waals surface area (Å²) in [6.07, 6.45) is 0.658. The summed E-state index contributed by atoms with van der Waals surface area (Å²) >= 11 is 0. The van der Waals surface area contributed by atoms with Crippen LogP contribution in [0.2, 0.25) is 0 Å². The van der Waals surface area contributed by atoms with E-state index in [0.29, 0.717) is 23.4 Å². The van der Waals surface area contributed by atoms with Crippen LogP contribution in [0, 0.1) is 0 Å². The molecular formula is C36H43N5O8. The molecule has 1 fully saturated rings. The number of anilines is 2. The quantitative estimate of drug-likeness (QED) is 0.234. The Bertz CT molecular complexity index is 1650. The average molecular weight is 674 g/mol. The van der Waals surface area contributed by atoms with Crippen LogP contribution < -0.4 is 10.6 Å². The highest BCUT2D eigenvalue weighted by Gasteiger charge is 2.26. The monoisotopic (exact) mass is 673 g/mol. The minimum absolute atomic E-state index is 0.0164. The lowest BCUT2D eigenvalue weighted by Crippen LogP contribution is -2.33. The number of nitrogens with one attached hydrogen (secondary N) is 2. The molecule has 2 aromatic carbocycles. The molecule has 1 unspecified atom stereocenters. The van der Waals surface area contributed by atoms with Gasteiger partial charge in [0, 0.05) is 25.7 Å². The first-order valence-electron chi connectivity index (χ1n) is 15.9. The molecule has 0 bridgehead atoms. The number of para-hydroxylation sites is 2. The van der Waals surface area contributed by atoms with E-state index in [0.717, 1.165) is 5.56 Å². The Balaban J connectivity index is 1.42. The molecule has 1 saturated heterocycles. The SMILES string of the molecule is CC(C)(C)OC(=O)CCN(Cc1ccc(C(=O)Nc2ccccc2NC(=O)OC(C)(C)C)nc1)C(=O)N=C1COC(Cc2ccccc2)O1. The predicted molar refractivity (Wildman–Crippen MR) is 183 cm³/mol. The maximum atomic E-state index is 13.4. The van der Waals surface area contributed by atoms with Gasteiger partial charge in [0.15, 0.2) is 0 Å². The van der Waals surface area contributed by atoms with Gasteiger partial charge in [-0.15, -0.1) is 0 Å². The molecule has 0 aliphatic carbocycles. The summed E-state index contributed by atoms with van der Waals surface area (Å²) in [5.41, 5.74) is 1.04. The van der Waals surface area contributed by atoms with Gasteiger partial charge in [-0.05, 0) is 70.9 Å². The van der Waals surface area contributed by atoms with Crippen molar-refractivity contribution >= 4 is 41.3 Å². The number of aromatic nitrogens is 1. The summed E-state index contributed by atoms with van der Waals surface area (Å²) in [6, 6.07) is 18.9. The number of rotatable bonds is 10. The van der Waals surface area contributed by atoms with Crippen molar-refractivity contribution in [3.63, 3.8) is 0 Å². The van der Waals surface area contributed by atoms with Crippen LogP contribution in [0.3, 0.4) is 0 Å². The molecule has 13 nitrogen and oxygen atoms in total. The molecule has 3 aromatic rings. The third-order valence-corrected chi connectivity index (χ3v) is 6.64. The third-order valence-electron chi connectivity index (χ3n) is 6.64. The van der Waals surface area contributed by atoms with Crippen molar-refractivity contribution in [1.82, 2.24) is 9.88 Å². The van der Waals surface area contributed by atoms with Crippen molar-refractivity contribution in [3.8, 4) is 0 Å². The fraction of sp³-hybridized carbons (Fsp3) is 0.389. The number of nitrogens with zero attached hydrogens (tertiary/aromatic N) is 3. The standard InChI is InChI=1S/C36H43N5O8/c1-35(2,3)48-30(42)18-19-41(33(44)40-29-23-46-31(47-29)20-24-12-8-7-9-13-24)22-25-16-17-28(37-21-25)32(43)38-26-14-10-11-15-27(26)39-34(45)49-36(4,5)6/h7-17,21,31H,18-20,22-23H2,1-6H3,(H,38,43)(H,39,45). The van der Waals surface area contributed by atoms with Crippen LogP contribution in [-0.2, 0) is 36.7 Å². The summed E-state index contributed by atoms with van der Waals surface area (Å²) in [5, 5.41) is 5.39. The molecule has 0 radical (unpaired) electrons. The van der Waals surface area contributed by atoms with Crippen LogP contribution in [0.1, 0.15) is 69.6 Å². The van der Waals surface area contributed by atoms with Crippen molar-refractivity contribution in [3.05, 3.63) is 89.7 Å². The highest BCUT2D eigenvalue weighted by molar-refractivity contribution is 6.05. The Labute approximate surface area is 286 Å². The highest BCUT2D eigenvalue weighted by atomic mass is 16.7. The summed E-state index contributed by atoms with van der Waals surface area (Å²) < 4.78 is 22.2. The molecule has 260 valence electrons. The Kier molecular flexibility index (Phi) is 12.1. The Hall–Kier alpha value is -5.30. The smallest absolute Gasteiger partial charge is 0.412 e. The topological polar surface area (TPSA) is 158 Å². The Morgan fingerprint density at radius 3 is 2.14 bits per heavy atom. The fourth-order valence-corrected chi connectivity index (χ4v) is 4.56. The number of benzene rings is 2. The first-order valence-corrected chi connectivity index (χ1v) is 15.9. The maximum absolute atomic E-state index is 13.4. The van der Waals surface area contributed by atoms with Gasteiger partial charge in [-0.25, -0.2) is 9.59 Å². The van der Waals surface area contributed by atoms with Crippen LogP contribution in [0.5, 0.6) is 0 Å². The van der Waals surface area contributed by atoms with E-state index in [1.165, 1.54) is 17.2 Å². The molecule has 49 heavy (non-hydrogen) atoms. The van der Waals surface area contributed by atoms with Crippen molar-refractivity contribution in [2.45, 2.75) is 78.4 Å². The summed E-state index contributed by atoms with van der Waals surface area (Å²) in [4.78, 5) is 61.0. The Morgan fingerprint density at radius 1 is 0.857 bits per heavy atom. The second-order valence-electron chi connectivity index (χ2n) is 13.3. The minimum Gasteiger partial charge on any atom is -0.460 e.